The quantitative estimate of drug-likeness (QED) is 0.906. The summed E-state index contributed by atoms with van der Waals surface area (Å²) in [4.78, 5) is 2.04. The number of benzene rings is 1. The first-order chi connectivity index (χ1) is 8.88. The van der Waals surface area contributed by atoms with Gasteiger partial charge in [-0.05, 0) is 60.6 Å². The van der Waals surface area contributed by atoms with Gasteiger partial charge in [0.1, 0.15) is 5.82 Å². The molecular formula is C12H16BrFN2O2S. The number of hydrogen-bond donors (Lipinski definition) is 1. The second-order valence-electron chi connectivity index (χ2n) is 4.80. The Bertz CT molecular complexity index is 565. The van der Waals surface area contributed by atoms with Gasteiger partial charge in [0.25, 0.3) is 0 Å². The Morgan fingerprint density at radius 1 is 1.47 bits per heavy atom. The van der Waals surface area contributed by atoms with Crippen molar-refractivity contribution in [1.29, 1.82) is 0 Å². The highest BCUT2D eigenvalue weighted by Gasteiger charge is 2.24. The van der Waals surface area contributed by atoms with E-state index in [4.69, 9.17) is 0 Å². The molecule has 7 heteroatoms. The lowest BCUT2D eigenvalue weighted by Gasteiger charge is -2.29. The number of piperidine rings is 1. The Labute approximate surface area is 121 Å². The SMILES string of the molecule is CN1CCCC(NS(=O)(=O)c2ccc(Br)c(F)c2)C1. The predicted molar refractivity (Wildman–Crippen MR) is 74.9 cm³/mol. The van der Waals surface area contributed by atoms with E-state index in [2.05, 4.69) is 25.6 Å². The Morgan fingerprint density at radius 3 is 2.84 bits per heavy atom. The lowest BCUT2D eigenvalue weighted by molar-refractivity contribution is 0.242. The number of likely N-dealkylation sites (tertiary alicyclic amines) is 1. The van der Waals surface area contributed by atoms with Crippen LogP contribution < -0.4 is 4.72 Å². The third-order valence-corrected chi connectivity index (χ3v) is 5.31. The zero-order chi connectivity index (χ0) is 14.0. The minimum absolute atomic E-state index is 0.0403. The first kappa shape index (κ1) is 14.9. The number of likely N-dealkylation sites (N-methyl/N-ethyl adjacent to an activating group) is 1. The second-order valence-corrected chi connectivity index (χ2v) is 7.37. The maximum atomic E-state index is 13.4. The van der Waals surface area contributed by atoms with Gasteiger partial charge in [-0.2, -0.15) is 0 Å². The summed E-state index contributed by atoms with van der Waals surface area (Å²) < 4.78 is 40.6. The van der Waals surface area contributed by atoms with Crippen LogP contribution in [-0.4, -0.2) is 39.5 Å². The Balaban J connectivity index is 2.15. The fourth-order valence-electron chi connectivity index (χ4n) is 2.19. The van der Waals surface area contributed by atoms with Gasteiger partial charge in [0.2, 0.25) is 10.0 Å². The third kappa shape index (κ3) is 3.75. The van der Waals surface area contributed by atoms with E-state index in [0.29, 0.717) is 6.54 Å². The maximum absolute atomic E-state index is 13.4. The maximum Gasteiger partial charge on any atom is 0.240 e. The van der Waals surface area contributed by atoms with Crippen LogP contribution in [-0.2, 0) is 10.0 Å². The van der Waals surface area contributed by atoms with Crippen molar-refractivity contribution in [1.82, 2.24) is 9.62 Å². The minimum Gasteiger partial charge on any atom is -0.305 e. The van der Waals surface area contributed by atoms with Crippen LogP contribution in [0.3, 0.4) is 0 Å². The van der Waals surface area contributed by atoms with Crippen molar-refractivity contribution in [3.05, 3.63) is 28.5 Å². The molecule has 4 nitrogen and oxygen atoms in total. The van der Waals surface area contributed by atoms with E-state index in [0.717, 1.165) is 25.5 Å². The molecule has 0 spiro atoms. The predicted octanol–water partition coefficient (Wildman–Crippen LogP) is 1.96. The summed E-state index contributed by atoms with van der Waals surface area (Å²) in [6.45, 7) is 1.66. The number of hydrogen-bond acceptors (Lipinski definition) is 3. The summed E-state index contributed by atoms with van der Waals surface area (Å²) >= 11 is 3.01. The topological polar surface area (TPSA) is 49.4 Å². The molecule has 106 valence electrons. The van der Waals surface area contributed by atoms with Gasteiger partial charge in [-0.1, -0.05) is 0 Å². The highest BCUT2D eigenvalue weighted by Crippen LogP contribution is 2.20. The van der Waals surface area contributed by atoms with Crippen LogP contribution in [0, 0.1) is 5.82 Å². The van der Waals surface area contributed by atoms with Gasteiger partial charge in [0, 0.05) is 12.6 Å². The first-order valence-electron chi connectivity index (χ1n) is 6.04. The molecule has 1 aromatic carbocycles. The summed E-state index contributed by atoms with van der Waals surface area (Å²) in [5.41, 5.74) is 0. The van der Waals surface area contributed by atoms with Gasteiger partial charge >= 0.3 is 0 Å². The zero-order valence-electron chi connectivity index (χ0n) is 10.6. The zero-order valence-corrected chi connectivity index (χ0v) is 13.0. The van der Waals surface area contributed by atoms with Gasteiger partial charge in [-0.25, -0.2) is 17.5 Å². The van der Waals surface area contributed by atoms with Crippen LogP contribution in [0.25, 0.3) is 0 Å². The van der Waals surface area contributed by atoms with Crippen molar-refractivity contribution in [3.63, 3.8) is 0 Å². The molecule has 1 aliphatic heterocycles. The van der Waals surface area contributed by atoms with Gasteiger partial charge < -0.3 is 4.90 Å². The number of rotatable bonds is 3. The smallest absolute Gasteiger partial charge is 0.240 e. The number of sulfonamides is 1. The molecule has 1 fully saturated rings. The molecule has 1 unspecified atom stereocenters. The number of halogens is 2. The minimum atomic E-state index is -3.66. The third-order valence-electron chi connectivity index (χ3n) is 3.15. The van der Waals surface area contributed by atoms with E-state index in [-0.39, 0.29) is 15.4 Å². The normalized spacial score (nSPS) is 21.5. The molecule has 1 atom stereocenters. The van der Waals surface area contributed by atoms with E-state index in [9.17, 15) is 12.8 Å². The molecule has 0 radical (unpaired) electrons. The van der Waals surface area contributed by atoms with Crippen molar-refractivity contribution >= 4 is 26.0 Å². The van der Waals surface area contributed by atoms with Crippen molar-refractivity contribution in [2.24, 2.45) is 0 Å². The van der Waals surface area contributed by atoms with Gasteiger partial charge in [0.05, 0.1) is 9.37 Å². The van der Waals surface area contributed by atoms with Crippen molar-refractivity contribution in [2.75, 3.05) is 20.1 Å². The molecule has 0 aromatic heterocycles. The summed E-state index contributed by atoms with van der Waals surface area (Å²) in [6, 6.07) is 3.70. The standard InChI is InChI=1S/C12H16BrFN2O2S/c1-16-6-2-3-9(8-16)15-19(17,18)10-4-5-11(13)12(14)7-10/h4-5,7,9,15H,2-3,6,8H2,1H3. The molecule has 0 amide bonds. The van der Waals surface area contributed by atoms with Crippen molar-refractivity contribution in [3.8, 4) is 0 Å². The summed E-state index contributed by atoms with van der Waals surface area (Å²) in [7, 11) is -1.70. The van der Waals surface area contributed by atoms with Crippen LogP contribution in [0.4, 0.5) is 4.39 Å². The molecule has 2 rings (SSSR count). The van der Waals surface area contributed by atoms with Crippen LogP contribution in [0.2, 0.25) is 0 Å². The van der Waals surface area contributed by atoms with Gasteiger partial charge in [-0.15, -0.1) is 0 Å². The molecule has 0 saturated carbocycles. The van der Waals surface area contributed by atoms with E-state index in [1.807, 2.05) is 7.05 Å². The van der Waals surface area contributed by atoms with Crippen LogP contribution in [0.1, 0.15) is 12.8 Å². The molecule has 1 aliphatic rings. The van der Waals surface area contributed by atoms with Crippen LogP contribution >= 0.6 is 15.9 Å². The average molecular weight is 351 g/mol. The molecule has 0 aliphatic carbocycles. The van der Waals surface area contributed by atoms with Crippen molar-refractivity contribution in [2.45, 2.75) is 23.8 Å². The lowest BCUT2D eigenvalue weighted by atomic mass is 10.1. The van der Waals surface area contributed by atoms with Gasteiger partial charge in [0.15, 0.2) is 0 Å². The van der Waals surface area contributed by atoms with Crippen LogP contribution in [0.5, 0.6) is 0 Å². The number of nitrogens with one attached hydrogen (secondary N) is 1. The molecular weight excluding hydrogens is 335 g/mol. The first-order valence-corrected chi connectivity index (χ1v) is 8.32. The Morgan fingerprint density at radius 2 is 2.21 bits per heavy atom. The van der Waals surface area contributed by atoms with Crippen molar-refractivity contribution < 1.29 is 12.8 Å². The van der Waals surface area contributed by atoms with Crippen LogP contribution in [0.15, 0.2) is 27.6 Å². The van der Waals surface area contributed by atoms with E-state index >= 15 is 0 Å². The lowest BCUT2D eigenvalue weighted by Crippen LogP contribution is -2.46. The summed E-state index contributed by atoms with van der Waals surface area (Å²) in [5, 5.41) is 0. The van der Waals surface area contributed by atoms with Gasteiger partial charge in [-0.3, -0.25) is 0 Å². The molecule has 1 saturated heterocycles. The summed E-state index contributed by atoms with van der Waals surface area (Å²) in [5.74, 6) is -0.580. The Hall–Kier alpha value is -0.500. The fourth-order valence-corrected chi connectivity index (χ4v) is 3.71. The Kier molecular flexibility index (Phi) is 4.60. The fraction of sp³-hybridized carbons (Fsp3) is 0.500. The highest BCUT2D eigenvalue weighted by atomic mass is 79.9. The highest BCUT2D eigenvalue weighted by molar-refractivity contribution is 9.10. The molecule has 0 bridgehead atoms. The monoisotopic (exact) mass is 350 g/mol. The molecule has 1 heterocycles. The number of nitrogens with zero attached hydrogens (tertiary/aromatic N) is 1. The van der Waals surface area contributed by atoms with E-state index in [1.165, 1.54) is 12.1 Å². The van der Waals surface area contributed by atoms with E-state index in [1.54, 1.807) is 0 Å². The average Bonchev–Trinajstić information content (AvgIpc) is 2.32. The summed E-state index contributed by atoms with van der Waals surface area (Å²) in [6.07, 6.45) is 1.76. The molecule has 1 N–H and O–H groups in total. The largest absolute Gasteiger partial charge is 0.305 e. The second kappa shape index (κ2) is 5.87. The molecule has 19 heavy (non-hydrogen) atoms. The molecule has 1 aromatic rings. The van der Waals surface area contributed by atoms with E-state index < -0.39 is 15.8 Å².